The molecule has 3 amide bonds. The topological polar surface area (TPSA) is 96.5 Å². The van der Waals surface area contributed by atoms with Gasteiger partial charge in [-0.05, 0) is 56.5 Å². The maximum Gasteiger partial charge on any atom is 0.407 e. The summed E-state index contributed by atoms with van der Waals surface area (Å²) in [5.41, 5.74) is 2.87. The zero-order valence-electron chi connectivity index (χ0n) is 19.0. The van der Waals surface area contributed by atoms with Crippen LogP contribution in [-0.2, 0) is 20.9 Å². The minimum absolute atomic E-state index is 0.118. The third kappa shape index (κ3) is 9.04. The van der Waals surface area contributed by atoms with E-state index in [2.05, 4.69) is 16.0 Å². The molecule has 32 heavy (non-hydrogen) atoms. The van der Waals surface area contributed by atoms with E-state index in [9.17, 15) is 14.4 Å². The van der Waals surface area contributed by atoms with Crippen LogP contribution >= 0.6 is 0 Å². The van der Waals surface area contributed by atoms with Crippen LogP contribution in [0.4, 0.5) is 10.5 Å². The molecule has 2 rings (SSSR count). The summed E-state index contributed by atoms with van der Waals surface area (Å²) in [5, 5.41) is 8.20. The summed E-state index contributed by atoms with van der Waals surface area (Å²) in [6, 6.07) is 15.1. The molecule has 0 radical (unpaired) electrons. The van der Waals surface area contributed by atoms with Crippen molar-refractivity contribution in [2.75, 3.05) is 11.9 Å². The average Bonchev–Trinajstić information content (AvgIpc) is 2.71. The molecule has 0 fully saturated rings. The van der Waals surface area contributed by atoms with Gasteiger partial charge in [-0.1, -0.05) is 42.5 Å². The van der Waals surface area contributed by atoms with Crippen LogP contribution in [-0.4, -0.2) is 30.1 Å². The Hall–Kier alpha value is -3.61. The lowest BCUT2D eigenvalue weighted by atomic mass is 10.1. The Kier molecular flexibility index (Phi) is 9.01. The minimum Gasteiger partial charge on any atom is -0.444 e. The van der Waals surface area contributed by atoms with E-state index in [1.807, 2.05) is 49.4 Å². The quantitative estimate of drug-likeness (QED) is 0.540. The summed E-state index contributed by atoms with van der Waals surface area (Å²) in [7, 11) is 0. The van der Waals surface area contributed by atoms with E-state index >= 15 is 0 Å². The van der Waals surface area contributed by atoms with Gasteiger partial charge in [0.2, 0.25) is 11.8 Å². The van der Waals surface area contributed by atoms with E-state index in [4.69, 9.17) is 4.74 Å². The number of carbonyl (C=O) groups is 3. The van der Waals surface area contributed by atoms with Gasteiger partial charge in [-0.2, -0.15) is 0 Å². The standard InChI is InChI=1S/C25H31N3O4/c1-18-9-5-6-10-19(18)13-14-23(30)28-21-12-8-7-11-20(21)17-27-22(29)15-16-26-24(31)32-25(2,3)4/h5-14H,15-17H2,1-4H3,(H,26,31)(H,27,29)(H,28,30)/b14-13+. The van der Waals surface area contributed by atoms with Crippen molar-refractivity contribution in [2.24, 2.45) is 0 Å². The van der Waals surface area contributed by atoms with Gasteiger partial charge in [-0.3, -0.25) is 9.59 Å². The summed E-state index contributed by atoms with van der Waals surface area (Å²) in [4.78, 5) is 36.1. The first-order valence-electron chi connectivity index (χ1n) is 10.5. The van der Waals surface area contributed by atoms with Crippen LogP contribution in [0.25, 0.3) is 6.08 Å². The van der Waals surface area contributed by atoms with Gasteiger partial charge in [0.15, 0.2) is 0 Å². The molecule has 170 valence electrons. The first-order valence-corrected chi connectivity index (χ1v) is 10.5. The molecular formula is C25H31N3O4. The molecule has 0 saturated heterocycles. The lowest BCUT2D eigenvalue weighted by Crippen LogP contribution is -2.35. The van der Waals surface area contributed by atoms with Crippen LogP contribution in [0.15, 0.2) is 54.6 Å². The number of nitrogens with one attached hydrogen (secondary N) is 3. The number of amides is 3. The fourth-order valence-electron chi connectivity index (χ4n) is 2.78. The van der Waals surface area contributed by atoms with Gasteiger partial charge in [-0.15, -0.1) is 0 Å². The molecule has 0 unspecified atom stereocenters. The van der Waals surface area contributed by atoms with E-state index in [0.717, 1.165) is 16.7 Å². The number of ether oxygens (including phenoxy) is 1. The summed E-state index contributed by atoms with van der Waals surface area (Å²) >= 11 is 0. The zero-order valence-corrected chi connectivity index (χ0v) is 19.0. The molecule has 2 aromatic rings. The Balaban J connectivity index is 1.84. The smallest absolute Gasteiger partial charge is 0.407 e. The van der Waals surface area contributed by atoms with Crippen molar-refractivity contribution in [3.05, 3.63) is 71.3 Å². The molecule has 0 aliphatic rings. The number of aryl methyl sites for hydroxylation is 1. The molecule has 0 aliphatic carbocycles. The molecule has 0 bridgehead atoms. The Bertz CT molecular complexity index is 977. The largest absolute Gasteiger partial charge is 0.444 e. The van der Waals surface area contributed by atoms with Crippen molar-refractivity contribution >= 4 is 29.7 Å². The second kappa shape index (κ2) is 11.7. The molecule has 0 atom stereocenters. The first kappa shape index (κ1) is 24.7. The number of carbonyl (C=O) groups excluding carboxylic acids is 3. The van der Waals surface area contributed by atoms with Crippen molar-refractivity contribution in [2.45, 2.75) is 46.3 Å². The van der Waals surface area contributed by atoms with Gasteiger partial charge < -0.3 is 20.7 Å². The summed E-state index contributed by atoms with van der Waals surface area (Å²) in [5.74, 6) is -0.477. The lowest BCUT2D eigenvalue weighted by Gasteiger charge is -2.19. The zero-order chi connectivity index (χ0) is 23.6. The monoisotopic (exact) mass is 437 g/mol. The molecule has 7 nitrogen and oxygen atoms in total. The van der Waals surface area contributed by atoms with Crippen molar-refractivity contribution in [1.29, 1.82) is 0 Å². The number of rotatable bonds is 8. The van der Waals surface area contributed by atoms with Crippen molar-refractivity contribution < 1.29 is 19.1 Å². The van der Waals surface area contributed by atoms with Crippen LogP contribution in [0, 0.1) is 6.92 Å². The maximum atomic E-state index is 12.4. The summed E-state index contributed by atoms with van der Waals surface area (Å²) in [6.45, 7) is 7.72. The Morgan fingerprint density at radius 1 is 0.969 bits per heavy atom. The fraction of sp³-hybridized carbons (Fsp3) is 0.320. The Labute approximate surface area is 189 Å². The average molecular weight is 438 g/mol. The molecule has 0 spiro atoms. The van der Waals surface area contributed by atoms with Crippen molar-refractivity contribution in [3.8, 4) is 0 Å². The number of para-hydroxylation sites is 1. The fourth-order valence-corrected chi connectivity index (χ4v) is 2.78. The van der Waals surface area contributed by atoms with Gasteiger partial charge in [0.25, 0.3) is 0 Å². The molecule has 0 saturated carbocycles. The van der Waals surface area contributed by atoms with E-state index < -0.39 is 11.7 Å². The maximum absolute atomic E-state index is 12.4. The van der Waals surface area contributed by atoms with Crippen LogP contribution in [0.3, 0.4) is 0 Å². The third-order valence-electron chi connectivity index (χ3n) is 4.37. The predicted molar refractivity (Wildman–Crippen MR) is 126 cm³/mol. The second-order valence-corrected chi connectivity index (χ2v) is 8.29. The molecule has 0 aliphatic heterocycles. The highest BCUT2D eigenvalue weighted by Gasteiger charge is 2.16. The van der Waals surface area contributed by atoms with Crippen molar-refractivity contribution in [3.63, 3.8) is 0 Å². The van der Waals surface area contributed by atoms with Crippen LogP contribution in [0.5, 0.6) is 0 Å². The number of hydrogen-bond acceptors (Lipinski definition) is 4. The first-order chi connectivity index (χ1) is 15.1. The number of alkyl carbamates (subject to hydrolysis) is 1. The molecule has 7 heteroatoms. The van der Waals surface area contributed by atoms with E-state index in [0.29, 0.717) is 5.69 Å². The molecule has 0 heterocycles. The highest BCUT2D eigenvalue weighted by Crippen LogP contribution is 2.15. The SMILES string of the molecule is Cc1ccccc1/C=C/C(=O)Nc1ccccc1CNC(=O)CCNC(=O)OC(C)(C)C. The van der Waals surface area contributed by atoms with Gasteiger partial charge in [0.1, 0.15) is 5.60 Å². The molecule has 2 aromatic carbocycles. The Morgan fingerprint density at radius 2 is 1.66 bits per heavy atom. The third-order valence-corrected chi connectivity index (χ3v) is 4.37. The van der Waals surface area contributed by atoms with Gasteiger partial charge in [0, 0.05) is 31.3 Å². The van der Waals surface area contributed by atoms with E-state index in [-0.39, 0.29) is 31.3 Å². The second-order valence-electron chi connectivity index (χ2n) is 8.29. The van der Waals surface area contributed by atoms with Crippen LogP contribution in [0.1, 0.15) is 43.9 Å². The van der Waals surface area contributed by atoms with Gasteiger partial charge in [-0.25, -0.2) is 4.79 Å². The van der Waals surface area contributed by atoms with E-state index in [1.165, 1.54) is 6.08 Å². The predicted octanol–water partition coefficient (Wildman–Crippen LogP) is 4.18. The number of hydrogen-bond donors (Lipinski definition) is 3. The Morgan fingerprint density at radius 3 is 2.38 bits per heavy atom. The number of benzene rings is 2. The van der Waals surface area contributed by atoms with Gasteiger partial charge in [0.05, 0.1) is 0 Å². The van der Waals surface area contributed by atoms with Gasteiger partial charge >= 0.3 is 6.09 Å². The normalized spacial score (nSPS) is 11.1. The molecule has 3 N–H and O–H groups in total. The van der Waals surface area contributed by atoms with Crippen LogP contribution < -0.4 is 16.0 Å². The highest BCUT2D eigenvalue weighted by molar-refractivity contribution is 6.02. The van der Waals surface area contributed by atoms with E-state index in [1.54, 1.807) is 32.9 Å². The van der Waals surface area contributed by atoms with Crippen LogP contribution in [0.2, 0.25) is 0 Å². The minimum atomic E-state index is -0.588. The van der Waals surface area contributed by atoms with Crippen molar-refractivity contribution in [1.82, 2.24) is 10.6 Å². The highest BCUT2D eigenvalue weighted by atomic mass is 16.6. The summed E-state index contributed by atoms with van der Waals surface area (Å²) < 4.78 is 5.13. The lowest BCUT2D eigenvalue weighted by molar-refractivity contribution is -0.121. The molecule has 0 aromatic heterocycles. The summed E-state index contributed by atoms with van der Waals surface area (Å²) in [6.07, 6.45) is 2.82. The molecular weight excluding hydrogens is 406 g/mol. The number of anilines is 1.